The van der Waals surface area contributed by atoms with Crippen LogP contribution < -0.4 is 0 Å². The van der Waals surface area contributed by atoms with Gasteiger partial charge in [0.05, 0.1) is 24.5 Å². The maximum atomic E-state index is 12.6. The maximum absolute atomic E-state index is 12.6. The number of amides is 2. The zero-order chi connectivity index (χ0) is 18.1. The maximum Gasteiger partial charge on any atom is 0.274 e. The highest BCUT2D eigenvalue weighted by Gasteiger charge is 2.25. The third-order valence-electron chi connectivity index (χ3n) is 5.11. The van der Waals surface area contributed by atoms with E-state index in [0.717, 1.165) is 43.0 Å². The van der Waals surface area contributed by atoms with Gasteiger partial charge in [-0.3, -0.25) is 19.4 Å². The number of aryl methyl sites for hydroxylation is 2. The molecule has 2 aromatic rings. The minimum Gasteiger partial charge on any atom is -0.343 e. The zero-order valence-corrected chi connectivity index (χ0v) is 15.1. The molecule has 0 aromatic carbocycles. The number of nitrogens with one attached hydrogen (secondary N) is 1. The highest BCUT2D eigenvalue weighted by atomic mass is 16.2. The largest absolute Gasteiger partial charge is 0.343 e. The van der Waals surface area contributed by atoms with E-state index in [0.29, 0.717) is 38.2 Å². The standard InChI is InChI=1S/C18H24N6O2/c1-13-10-16(20-19-13)18(26)23-8-9-24-15(12-23)11-14(21-24)4-5-17(25)22-6-2-3-7-22/h10-11H,2-9,12H2,1H3,(H,19,20). The van der Waals surface area contributed by atoms with Crippen molar-refractivity contribution < 1.29 is 9.59 Å². The summed E-state index contributed by atoms with van der Waals surface area (Å²) >= 11 is 0. The molecule has 26 heavy (non-hydrogen) atoms. The Bertz CT molecular complexity index is 818. The average molecular weight is 356 g/mol. The first-order valence-electron chi connectivity index (χ1n) is 9.25. The van der Waals surface area contributed by atoms with Gasteiger partial charge in [-0.15, -0.1) is 0 Å². The quantitative estimate of drug-likeness (QED) is 0.889. The van der Waals surface area contributed by atoms with Gasteiger partial charge < -0.3 is 9.80 Å². The second-order valence-corrected chi connectivity index (χ2v) is 7.10. The Morgan fingerprint density at radius 2 is 1.92 bits per heavy atom. The van der Waals surface area contributed by atoms with Gasteiger partial charge in [-0.1, -0.05) is 0 Å². The topological polar surface area (TPSA) is 87.1 Å². The second kappa shape index (κ2) is 6.93. The number of rotatable bonds is 4. The molecule has 4 rings (SSSR count). The molecule has 2 aliphatic rings. The van der Waals surface area contributed by atoms with E-state index in [2.05, 4.69) is 15.3 Å². The van der Waals surface area contributed by atoms with Crippen LogP contribution in [-0.2, 0) is 24.3 Å². The lowest BCUT2D eigenvalue weighted by atomic mass is 10.2. The molecule has 8 nitrogen and oxygen atoms in total. The molecular weight excluding hydrogens is 332 g/mol. The average Bonchev–Trinajstić information content (AvgIpc) is 3.38. The SMILES string of the molecule is Cc1cc(C(=O)N2CCn3nc(CCC(=O)N4CCCC4)cc3C2)n[nH]1. The van der Waals surface area contributed by atoms with Gasteiger partial charge in [-0.05, 0) is 31.9 Å². The molecule has 2 amide bonds. The molecule has 0 atom stereocenters. The van der Waals surface area contributed by atoms with Crippen LogP contribution in [0.4, 0.5) is 0 Å². The summed E-state index contributed by atoms with van der Waals surface area (Å²) in [5, 5.41) is 11.5. The Hall–Kier alpha value is -2.64. The smallest absolute Gasteiger partial charge is 0.274 e. The molecule has 0 spiro atoms. The van der Waals surface area contributed by atoms with Gasteiger partial charge in [0, 0.05) is 38.2 Å². The summed E-state index contributed by atoms with van der Waals surface area (Å²) in [6.07, 6.45) is 3.39. The number of carbonyl (C=O) groups is 2. The summed E-state index contributed by atoms with van der Waals surface area (Å²) < 4.78 is 1.95. The van der Waals surface area contributed by atoms with Gasteiger partial charge in [0.15, 0.2) is 0 Å². The summed E-state index contributed by atoms with van der Waals surface area (Å²) in [5.41, 5.74) is 3.27. The predicted octanol–water partition coefficient (Wildman–Crippen LogP) is 1.13. The summed E-state index contributed by atoms with van der Waals surface area (Å²) in [4.78, 5) is 28.5. The minimum atomic E-state index is -0.0624. The van der Waals surface area contributed by atoms with Crippen LogP contribution in [0, 0.1) is 6.92 Å². The molecule has 8 heteroatoms. The lowest BCUT2D eigenvalue weighted by Gasteiger charge is -2.26. The molecule has 138 valence electrons. The van der Waals surface area contributed by atoms with Crippen molar-refractivity contribution >= 4 is 11.8 Å². The Labute approximate surface area is 152 Å². The Morgan fingerprint density at radius 3 is 2.65 bits per heavy atom. The Morgan fingerprint density at radius 1 is 1.12 bits per heavy atom. The molecule has 1 fully saturated rings. The first-order valence-corrected chi connectivity index (χ1v) is 9.25. The van der Waals surface area contributed by atoms with E-state index >= 15 is 0 Å². The molecule has 4 heterocycles. The van der Waals surface area contributed by atoms with Crippen LogP contribution >= 0.6 is 0 Å². The number of nitrogens with zero attached hydrogens (tertiary/aromatic N) is 5. The van der Waals surface area contributed by atoms with E-state index < -0.39 is 0 Å². The molecule has 0 bridgehead atoms. The van der Waals surface area contributed by atoms with Crippen molar-refractivity contribution in [1.29, 1.82) is 0 Å². The molecule has 2 aliphatic heterocycles. The van der Waals surface area contributed by atoms with Crippen LogP contribution in [0.5, 0.6) is 0 Å². The van der Waals surface area contributed by atoms with Crippen LogP contribution in [-0.4, -0.2) is 61.2 Å². The van der Waals surface area contributed by atoms with Gasteiger partial charge in [0.1, 0.15) is 5.69 Å². The van der Waals surface area contributed by atoms with Crippen LogP contribution in [0.2, 0.25) is 0 Å². The molecule has 0 saturated carbocycles. The van der Waals surface area contributed by atoms with Gasteiger partial charge in [-0.2, -0.15) is 10.2 Å². The summed E-state index contributed by atoms with van der Waals surface area (Å²) in [5.74, 6) is 0.159. The molecule has 2 aromatic heterocycles. The molecule has 0 unspecified atom stereocenters. The number of carbonyl (C=O) groups excluding carboxylic acids is 2. The van der Waals surface area contributed by atoms with Crippen LogP contribution in [0.25, 0.3) is 0 Å². The monoisotopic (exact) mass is 356 g/mol. The van der Waals surface area contributed by atoms with E-state index in [9.17, 15) is 9.59 Å². The number of fused-ring (bicyclic) bond motifs is 1. The zero-order valence-electron chi connectivity index (χ0n) is 15.1. The summed E-state index contributed by atoms with van der Waals surface area (Å²) in [6.45, 7) is 5.48. The van der Waals surface area contributed by atoms with Crippen LogP contribution in [0.1, 0.15) is 46.8 Å². The Balaban J connectivity index is 1.37. The van der Waals surface area contributed by atoms with Crippen molar-refractivity contribution in [1.82, 2.24) is 29.8 Å². The van der Waals surface area contributed by atoms with Gasteiger partial charge in [0.2, 0.25) is 5.91 Å². The fourth-order valence-corrected chi connectivity index (χ4v) is 3.67. The minimum absolute atomic E-state index is 0.0624. The molecule has 0 aliphatic carbocycles. The third kappa shape index (κ3) is 3.36. The number of aromatic amines is 1. The molecule has 1 saturated heterocycles. The Kier molecular flexibility index (Phi) is 4.48. The molecule has 1 N–H and O–H groups in total. The van der Waals surface area contributed by atoms with Crippen molar-refractivity contribution in [3.8, 4) is 0 Å². The van der Waals surface area contributed by atoms with E-state index in [1.807, 2.05) is 22.6 Å². The normalized spacial score (nSPS) is 16.8. The number of hydrogen-bond donors (Lipinski definition) is 1. The number of H-pyrrole nitrogens is 1. The molecular formula is C18H24N6O2. The highest BCUT2D eigenvalue weighted by molar-refractivity contribution is 5.92. The van der Waals surface area contributed by atoms with Crippen LogP contribution in [0.3, 0.4) is 0 Å². The predicted molar refractivity (Wildman–Crippen MR) is 94.4 cm³/mol. The number of likely N-dealkylation sites (tertiary alicyclic amines) is 1. The van der Waals surface area contributed by atoms with Gasteiger partial charge in [-0.25, -0.2) is 0 Å². The second-order valence-electron chi connectivity index (χ2n) is 7.10. The van der Waals surface area contributed by atoms with Crippen molar-refractivity contribution in [2.75, 3.05) is 19.6 Å². The van der Waals surface area contributed by atoms with Gasteiger partial charge in [0.25, 0.3) is 5.91 Å². The van der Waals surface area contributed by atoms with E-state index in [1.165, 1.54) is 0 Å². The first-order chi connectivity index (χ1) is 12.6. The number of hydrogen-bond acceptors (Lipinski definition) is 4. The van der Waals surface area contributed by atoms with E-state index in [-0.39, 0.29) is 11.8 Å². The summed E-state index contributed by atoms with van der Waals surface area (Å²) in [7, 11) is 0. The van der Waals surface area contributed by atoms with E-state index in [1.54, 1.807) is 11.0 Å². The number of aromatic nitrogens is 4. The lowest BCUT2D eigenvalue weighted by Crippen LogP contribution is -2.38. The van der Waals surface area contributed by atoms with Crippen molar-refractivity contribution in [3.05, 3.63) is 34.9 Å². The fourth-order valence-electron chi connectivity index (χ4n) is 3.67. The van der Waals surface area contributed by atoms with Crippen LogP contribution in [0.15, 0.2) is 12.1 Å². The highest BCUT2D eigenvalue weighted by Crippen LogP contribution is 2.17. The van der Waals surface area contributed by atoms with Crippen molar-refractivity contribution in [2.24, 2.45) is 0 Å². The summed E-state index contributed by atoms with van der Waals surface area (Å²) in [6, 6.07) is 3.79. The fraction of sp³-hybridized carbons (Fsp3) is 0.556. The lowest BCUT2D eigenvalue weighted by molar-refractivity contribution is -0.130. The third-order valence-corrected chi connectivity index (χ3v) is 5.11. The first kappa shape index (κ1) is 16.8. The van der Waals surface area contributed by atoms with E-state index in [4.69, 9.17) is 0 Å². The van der Waals surface area contributed by atoms with Crippen molar-refractivity contribution in [2.45, 2.75) is 45.7 Å². The van der Waals surface area contributed by atoms with Crippen molar-refractivity contribution in [3.63, 3.8) is 0 Å². The molecule has 0 radical (unpaired) electrons. The van der Waals surface area contributed by atoms with Gasteiger partial charge >= 0.3 is 0 Å².